The van der Waals surface area contributed by atoms with E-state index < -0.39 is 0 Å². The summed E-state index contributed by atoms with van der Waals surface area (Å²) >= 11 is 7.68. The van der Waals surface area contributed by atoms with Crippen molar-refractivity contribution in [2.75, 3.05) is 0 Å². The van der Waals surface area contributed by atoms with Gasteiger partial charge in [0.25, 0.3) is 5.91 Å². The van der Waals surface area contributed by atoms with E-state index in [0.29, 0.717) is 23.0 Å². The maximum absolute atomic E-state index is 13.6. The van der Waals surface area contributed by atoms with E-state index in [4.69, 9.17) is 16.6 Å². The van der Waals surface area contributed by atoms with Gasteiger partial charge in [0.2, 0.25) is 0 Å². The summed E-state index contributed by atoms with van der Waals surface area (Å²) in [5, 5.41) is 1.42. The lowest BCUT2D eigenvalue weighted by Crippen LogP contribution is -2.28. The SMILES string of the molecule is Cc1cc(/C=C2/SC(=NCc3ccccc3)N(Cc3ccccc3)C2=O)c(C)n1-c1cccc(Cl)c1. The molecular formula is C30H26ClN3OS. The summed E-state index contributed by atoms with van der Waals surface area (Å²) in [5.41, 5.74) is 6.33. The van der Waals surface area contributed by atoms with Crippen molar-refractivity contribution in [3.8, 4) is 5.69 Å². The van der Waals surface area contributed by atoms with Gasteiger partial charge in [-0.1, -0.05) is 78.3 Å². The highest BCUT2D eigenvalue weighted by Crippen LogP contribution is 2.35. The average molecular weight is 512 g/mol. The third kappa shape index (κ3) is 5.18. The van der Waals surface area contributed by atoms with Crippen LogP contribution in [0.25, 0.3) is 11.8 Å². The molecule has 1 fully saturated rings. The predicted octanol–water partition coefficient (Wildman–Crippen LogP) is 7.42. The molecular weight excluding hydrogens is 486 g/mol. The van der Waals surface area contributed by atoms with E-state index >= 15 is 0 Å². The van der Waals surface area contributed by atoms with E-state index in [1.165, 1.54) is 11.8 Å². The normalized spacial score (nSPS) is 15.9. The molecule has 36 heavy (non-hydrogen) atoms. The zero-order valence-corrected chi connectivity index (χ0v) is 21.8. The van der Waals surface area contributed by atoms with Gasteiger partial charge in [-0.15, -0.1) is 0 Å². The molecule has 6 heteroatoms. The van der Waals surface area contributed by atoms with Gasteiger partial charge < -0.3 is 4.57 Å². The summed E-state index contributed by atoms with van der Waals surface area (Å²) in [6.07, 6.45) is 1.99. The molecule has 4 aromatic rings. The van der Waals surface area contributed by atoms with Gasteiger partial charge in [-0.05, 0) is 72.6 Å². The Balaban J connectivity index is 1.49. The number of amides is 1. The van der Waals surface area contributed by atoms with Crippen LogP contribution in [0, 0.1) is 13.8 Å². The number of aliphatic imine (C=N–C) groups is 1. The third-order valence-electron chi connectivity index (χ3n) is 6.13. The number of carbonyl (C=O) groups is 1. The number of halogens is 1. The lowest BCUT2D eigenvalue weighted by molar-refractivity contribution is -0.122. The number of nitrogens with zero attached hydrogens (tertiary/aromatic N) is 3. The fraction of sp³-hybridized carbons (Fsp3) is 0.133. The number of aromatic nitrogens is 1. The van der Waals surface area contributed by atoms with Crippen molar-refractivity contribution >= 4 is 40.5 Å². The Labute approximate surface area is 220 Å². The fourth-order valence-electron chi connectivity index (χ4n) is 4.36. The van der Waals surface area contributed by atoms with Crippen LogP contribution < -0.4 is 0 Å². The number of rotatable bonds is 6. The predicted molar refractivity (Wildman–Crippen MR) is 150 cm³/mol. The summed E-state index contributed by atoms with van der Waals surface area (Å²) in [6.45, 7) is 5.14. The quantitative estimate of drug-likeness (QED) is 0.252. The lowest BCUT2D eigenvalue weighted by Gasteiger charge is -2.15. The smallest absolute Gasteiger partial charge is 0.267 e. The Bertz CT molecular complexity index is 1460. The molecule has 0 spiro atoms. The maximum Gasteiger partial charge on any atom is 0.267 e. The Morgan fingerprint density at radius 2 is 1.58 bits per heavy atom. The average Bonchev–Trinajstić information content (AvgIpc) is 3.33. The summed E-state index contributed by atoms with van der Waals surface area (Å²) in [5.74, 6) is -0.0248. The number of thioether (sulfide) groups is 1. The number of carbonyl (C=O) groups excluding carboxylic acids is 1. The third-order valence-corrected chi connectivity index (χ3v) is 7.41. The largest absolute Gasteiger partial charge is 0.318 e. The molecule has 0 atom stereocenters. The van der Waals surface area contributed by atoms with Crippen LogP contribution in [0.4, 0.5) is 0 Å². The van der Waals surface area contributed by atoms with Crippen LogP contribution in [-0.4, -0.2) is 20.5 Å². The van der Waals surface area contributed by atoms with Crippen LogP contribution in [0.3, 0.4) is 0 Å². The highest BCUT2D eigenvalue weighted by atomic mass is 35.5. The maximum atomic E-state index is 13.6. The summed E-state index contributed by atoms with van der Waals surface area (Å²) in [7, 11) is 0. The first-order valence-electron chi connectivity index (χ1n) is 11.8. The molecule has 0 bridgehead atoms. The number of aryl methyl sites for hydroxylation is 1. The molecule has 2 heterocycles. The van der Waals surface area contributed by atoms with Crippen LogP contribution in [0.1, 0.15) is 28.1 Å². The summed E-state index contributed by atoms with van der Waals surface area (Å²) in [6, 6.07) is 30.0. The summed E-state index contributed by atoms with van der Waals surface area (Å²) < 4.78 is 2.16. The molecule has 1 aromatic heterocycles. The second kappa shape index (κ2) is 10.6. The van der Waals surface area contributed by atoms with Crippen molar-refractivity contribution < 1.29 is 4.79 Å². The number of hydrogen-bond acceptors (Lipinski definition) is 3. The minimum atomic E-state index is -0.0248. The molecule has 0 unspecified atom stereocenters. The molecule has 180 valence electrons. The monoisotopic (exact) mass is 511 g/mol. The van der Waals surface area contributed by atoms with Crippen molar-refractivity contribution in [3.63, 3.8) is 0 Å². The van der Waals surface area contributed by atoms with E-state index in [9.17, 15) is 4.79 Å². The molecule has 0 N–H and O–H groups in total. The Morgan fingerprint density at radius 1 is 0.889 bits per heavy atom. The lowest BCUT2D eigenvalue weighted by atomic mass is 10.2. The second-order valence-electron chi connectivity index (χ2n) is 8.71. The fourth-order valence-corrected chi connectivity index (χ4v) is 5.51. The first-order chi connectivity index (χ1) is 17.5. The van der Waals surface area contributed by atoms with Gasteiger partial charge in [0.15, 0.2) is 5.17 Å². The van der Waals surface area contributed by atoms with Gasteiger partial charge in [-0.25, -0.2) is 0 Å². The van der Waals surface area contributed by atoms with E-state index in [0.717, 1.165) is 38.9 Å². The molecule has 1 aliphatic heterocycles. The second-order valence-corrected chi connectivity index (χ2v) is 10.2. The van der Waals surface area contributed by atoms with Gasteiger partial charge in [0, 0.05) is 22.1 Å². The van der Waals surface area contributed by atoms with Gasteiger partial charge in [0.05, 0.1) is 18.0 Å². The first-order valence-corrected chi connectivity index (χ1v) is 13.0. The minimum absolute atomic E-state index is 0.0248. The Hall–Kier alpha value is -3.54. The number of hydrogen-bond donors (Lipinski definition) is 0. The van der Waals surface area contributed by atoms with E-state index in [1.807, 2.05) is 78.9 Å². The van der Waals surface area contributed by atoms with Gasteiger partial charge in [-0.3, -0.25) is 14.7 Å². The van der Waals surface area contributed by atoms with Gasteiger partial charge in [-0.2, -0.15) is 0 Å². The van der Waals surface area contributed by atoms with Crippen molar-refractivity contribution in [1.82, 2.24) is 9.47 Å². The van der Waals surface area contributed by atoms with Gasteiger partial charge in [0.1, 0.15) is 0 Å². The van der Waals surface area contributed by atoms with Crippen molar-refractivity contribution in [2.24, 2.45) is 4.99 Å². The van der Waals surface area contributed by atoms with Crippen LogP contribution in [-0.2, 0) is 17.9 Å². The topological polar surface area (TPSA) is 37.6 Å². The van der Waals surface area contributed by atoms with E-state index in [-0.39, 0.29) is 5.91 Å². The Kier molecular flexibility index (Phi) is 7.12. The molecule has 1 amide bonds. The van der Waals surface area contributed by atoms with E-state index in [1.54, 1.807) is 4.90 Å². The van der Waals surface area contributed by atoms with Crippen LogP contribution in [0.2, 0.25) is 5.02 Å². The minimum Gasteiger partial charge on any atom is -0.318 e. The molecule has 4 nitrogen and oxygen atoms in total. The van der Waals surface area contributed by atoms with Crippen LogP contribution in [0.5, 0.6) is 0 Å². The molecule has 3 aromatic carbocycles. The molecule has 1 aliphatic rings. The van der Waals surface area contributed by atoms with Crippen molar-refractivity contribution in [3.05, 3.63) is 129 Å². The number of amidine groups is 1. The zero-order valence-electron chi connectivity index (χ0n) is 20.2. The molecule has 0 radical (unpaired) electrons. The number of benzene rings is 3. The van der Waals surface area contributed by atoms with E-state index in [2.05, 4.69) is 36.6 Å². The van der Waals surface area contributed by atoms with Crippen LogP contribution >= 0.6 is 23.4 Å². The Morgan fingerprint density at radius 3 is 2.28 bits per heavy atom. The van der Waals surface area contributed by atoms with Gasteiger partial charge >= 0.3 is 0 Å². The molecule has 1 saturated heterocycles. The van der Waals surface area contributed by atoms with Crippen molar-refractivity contribution in [1.29, 1.82) is 0 Å². The molecule has 0 aliphatic carbocycles. The standard InChI is InChI=1S/C30H26ClN3OS/c1-21-16-25(22(2)34(21)27-15-9-14-26(31)18-27)17-28-29(35)33(20-24-12-7-4-8-13-24)30(36-28)32-19-23-10-5-3-6-11-23/h3-18H,19-20H2,1-2H3/b28-17+,32-30?. The molecule has 5 rings (SSSR count). The molecule has 0 saturated carbocycles. The van der Waals surface area contributed by atoms with Crippen LogP contribution in [0.15, 0.2) is 101 Å². The summed E-state index contributed by atoms with van der Waals surface area (Å²) in [4.78, 5) is 20.9. The highest BCUT2D eigenvalue weighted by molar-refractivity contribution is 8.18. The highest BCUT2D eigenvalue weighted by Gasteiger charge is 2.33. The van der Waals surface area contributed by atoms with Crippen molar-refractivity contribution in [2.45, 2.75) is 26.9 Å². The zero-order chi connectivity index (χ0) is 25.1. The first kappa shape index (κ1) is 24.2.